The maximum absolute atomic E-state index is 13.2. The van der Waals surface area contributed by atoms with Crippen LogP contribution in [0.15, 0.2) is 12.1 Å². The zero-order chi connectivity index (χ0) is 19.1. The van der Waals surface area contributed by atoms with Gasteiger partial charge in [-0.15, -0.1) is 0 Å². The van der Waals surface area contributed by atoms with Gasteiger partial charge in [0.25, 0.3) is 5.91 Å². The molecule has 146 valence electrons. The molecular weight excluding hydrogens is 338 g/mol. The van der Waals surface area contributed by atoms with Gasteiger partial charge in [-0.2, -0.15) is 0 Å². The molecule has 27 heavy (non-hydrogen) atoms. The number of nitrogens with one attached hydrogen (secondary N) is 1. The fraction of sp³-hybridized carbons (Fsp3) is 0.591. The number of fused-ring (bicyclic) bond motifs is 1. The van der Waals surface area contributed by atoms with E-state index in [2.05, 4.69) is 35.9 Å². The SMILES string of the molecule is Cc1cc(C)c2[nH]c(C(=O)N3CCN([C@H]4CCCC[C@@H]4O)CC3)c(C)c2c1. The Kier molecular flexibility index (Phi) is 4.99. The fourth-order valence-corrected chi connectivity index (χ4v) is 4.93. The highest BCUT2D eigenvalue weighted by Crippen LogP contribution is 2.28. The first-order chi connectivity index (χ1) is 13.0. The number of rotatable bonds is 2. The average molecular weight is 370 g/mol. The topological polar surface area (TPSA) is 59.6 Å². The van der Waals surface area contributed by atoms with Crippen molar-refractivity contribution in [2.45, 2.75) is 58.6 Å². The molecule has 2 aliphatic rings. The summed E-state index contributed by atoms with van der Waals surface area (Å²) in [5.74, 6) is 0.101. The van der Waals surface area contributed by atoms with E-state index < -0.39 is 0 Å². The second-order valence-corrected chi connectivity index (χ2v) is 8.38. The lowest BCUT2D eigenvalue weighted by atomic mass is 9.91. The van der Waals surface area contributed by atoms with Crippen molar-refractivity contribution in [3.8, 4) is 0 Å². The number of hydrogen-bond donors (Lipinski definition) is 2. The van der Waals surface area contributed by atoms with Crippen molar-refractivity contribution in [1.82, 2.24) is 14.8 Å². The molecule has 1 aromatic heterocycles. The van der Waals surface area contributed by atoms with Gasteiger partial charge in [-0.25, -0.2) is 0 Å². The summed E-state index contributed by atoms with van der Waals surface area (Å²) in [6, 6.07) is 4.59. The van der Waals surface area contributed by atoms with Crippen molar-refractivity contribution in [1.29, 1.82) is 0 Å². The van der Waals surface area contributed by atoms with Crippen LogP contribution in [0.5, 0.6) is 0 Å². The molecule has 2 fully saturated rings. The summed E-state index contributed by atoms with van der Waals surface area (Å²) in [5.41, 5.74) is 5.26. The number of H-pyrrole nitrogens is 1. The third kappa shape index (κ3) is 3.39. The molecule has 5 heteroatoms. The molecule has 2 atom stereocenters. The molecule has 2 heterocycles. The summed E-state index contributed by atoms with van der Waals surface area (Å²) in [6.45, 7) is 9.39. The van der Waals surface area contributed by atoms with Crippen LogP contribution >= 0.6 is 0 Å². The maximum atomic E-state index is 13.2. The van der Waals surface area contributed by atoms with Crippen molar-refractivity contribution >= 4 is 16.8 Å². The standard InChI is InChI=1S/C22H31N3O2/c1-14-12-15(2)20-17(13-14)16(3)21(23-20)22(27)25-10-8-24(9-11-25)18-6-4-5-7-19(18)26/h12-13,18-19,23,26H,4-11H2,1-3H3/t18-,19-/m0/s1. The lowest BCUT2D eigenvalue weighted by Gasteiger charge is -2.42. The zero-order valence-corrected chi connectivity index (χ0v) is 16.7. The predicted octanol–water partition coefficient (Wildman–Crippen LogP) is 3.15. The van der Waals surface area contributed by atoms with Gasteiger partial charge in [0.15, 0.2) is 0 Å². The number of piperazine rings is 1. The molecule has 0 spiro atoms. The van der Waals surface area contributed by atoms with Crippen molar-refractivity contribution in [3.05, 3.63) is 34.5 Å². The second-order valence-electron chi connectivity index (χ2n) is 8.38. The maximum Gasteiger partial charge on any atom is 0.270 e. The normalized spacial score (nSPS) is 24.5. The number of benzene rings is 1. The molecule has 1 saturated carbocycles. The summed E-state index contributed by atoms with van der Waals surface area (Å²) >= 11 is 0. The van der Waals surface area contributed by atoms with E-state index in [0.717, 1.165) is 67.6 Å². The number of carbonyl (C=O) groups is 1. The number of carbonyl (C=O) groups excluding carboxylic acids is 1. The Balaban J connectivity index is 1.49. The second kappa shape index (κ2) is 7.28. The van der Waals surface area contributed by atoms with Gasteiger partial charge in [0.2, 0.25) is 0 Å². The van der Waals surface area contributed by atoms with Crippen LogP contribution in [-0.2, 0) is 0 Å². The Labute approximate surface area is 161 Å². The minimum Gasteiger partial charge on any atom is -0.391 e. The minimum atomic E-state index is -0.205. The Morgan fingerprint density at radius 2 is 1.78 bits per heavy atom. The summed E-state index contributed by atoms with van der Waals surface area (Å²) in [6.07, 6.45) is 4.12. The molecule has 1 aromatic carbocycles. The van der Waals surface area contributed by atoms with Crippen molar-refractivity contribution in [2.75, 3.05) is 26.2 Å². The largest absolute Gasteiger partial charge is 0.391 e. The molecule has 2 N–H and O–H groups in total. The Bertz CT molecular complexity index is 849. The molecule has 1 amide bonds. The Morgan fingerprint density at radius 1 is 1.07 bits per heavy atom. The van der Waals surface area contributed by atoms with E-state index >= 15 is 0 Å². The van der Waals surface area contributed by atoms with Gasteiger partial charge in [0.05, 0.1) is 6.10 Å². The van der Waals surface area contributed by atoms with Crippen LogP contribution in [0.1, 0.15) is 52.9 Å². The van der Waals surface area contributed by atoms with Crippen molar-refractivity contribution in [3.63, 3.8) is 0 Å². The highest BCUT2D eigenvalue weighted by molar-refractivity contribution is 6.01. The molecular formula is C22H31N3O2. The summed E-state index contributed by atoms with van der Waals surface area (Å²) < 4.78 is 0. The number of nitrogens with zero attached hydrogens (tertiary/aromatic N) is 2. The quantitative estimate of drug-likeness (QED) is 0.855. The first kappa shape index (κ1) is 18.5. The van der Waals surface area contributed by atoms with Gasteiger partial charge >= 0.3 is 0 Å². The molecule has 2 aromatic rings. The summed E-state index contributed by atoms with van der Waals surface area (Å²) in [4.78, 5) is 20.9. The van der Waals surface area contributed by atoms with Crippen LogP contribution in [0.2, 0.25) is 0 Å². The number of aromatic amines is 1. The van der Waals surface area contributed by atoms with Gasteiger partial charge in [0, 0.05) is 43.1 Å². The van der Waals surface area contributed by atoms with Gasteiger partial charge in [0.1, 0.15) is 5.69 Å². The molecule has 5 nitrogen and oxygen atoms in total. The first-order valence-electron chi connectivity index (χ1n) is 10.3. The lowest BCUT2D eigenvalue weighted by molar-refractivity contribution is -0.00182. The number of aliphatic hydroxyl groups excluding tert-OH is 1. The van der Waals surface area contributed by atoms with Crippen LogP contribution in [0.3, 0.4) is 0 Å². The molecule has 0 bridgehead atoms. The van der Waals surface area contributed by atoms with Gasteiger partial charge in [-0.1, -0.05) is 24.5 Å². The number of amides is 1. The van der Waals surface area contributed by atoms with Crippen LogP contribution in [-0.4, -0.2) is 64.1 Å². The van der Waals surface area contributed by atoms with E-state index in [1.165, 1.54) is 17.5 Å². The van der Waals surface area contributed by atoms with E-state index in [4.69, 9.17) is 0 Å². The third-order valence-electron chi connectivity index (χ3n) is 6.49. The van der Waals surface area contributed by atoms with Crippen LogP contribution in [0.4, 0.5) is 0 Å². The van der Waals surface area contributed by atoms with Crippen molar-refractivity contribution < 1.29 is 9.90 Å². The number of aryl methyl sites for hydroxylation is 3. The highest BCUT2D eigenvalue weighted by atomic mass is 16.3. The monoisotopic (exact) mass is 369 g/mol. The summed E-state index contributed by atoms with van der Waals surface area (Å²) in [5, 5.41) is 11.5. The highest BCUT2D eigenvalue weighted by Gasteiger charge is 2.32. The third-order valence-corrected chi connectivity index (χ3v) is 6.49. The zero-order valence-electron chi connectivity index (χ0n) is 16.7. The first-order valence-corrected chi connectivity index (χ1v) is 10.3. The summed E-state index contributed by atoms with van der Waals surface area (Å²) in [7, 11) is 0. The minimum absolute atomic E-state index is 0.101. The van der Waals surface area contributed by atoms with Gasteiger partial charge in [-0.05, 0) is 50.8 Å². The van der Waals surface area contributed by atoms with Crippen LogP contribution in [0, 0.1) is 20.8 Å². The number of hydrogen-bond acceptors (Lipinski definition) is 3. The van der Waals surface area contributed by atoms with Gasteiger partial charge in [-0.3, -0.25) is 9.69 Å². The van der Waals surface area contributed by atoms with E-state index in [9.17, 15) is 9.90 Å². The smallest absolute Gasteiger partial charge is 0.270 e. The lowest BCUT2D eigenvalue weighted by Crippen LogP contribution is -2.55. The van der Waals surface area contributed by atoms with Crippen LogP contribution < -0.4 is 0 Å². The van der Waals surface area contributed by atoms with E-state index in [1.54, 1.807) is 0 Å². The van der Waals surface area contributed by atoms with Crippen LogP contribution in [0.25, 0.3) is 10.9 Å². The molecule has 1 aliphatic carbocycles. The number of aromatic nitrogens is 1. The van der Waals surface area contributed by atoms with E-state index in [1.807, 2.05) is 11.8 Å². The van der Waals surface area contributed by atoms with E-state index in [0.29, 0.717) is 0 Å². The molecule has 1 aliphatic heterocycles. The Morgan fingerprint density at radius 3 is 2.48 bits per heavy atom. The Hall–Kier alpha value is -1.85. The molecule has 4 rings (SSSR count). The van der Waals surface area contributed by atoms with Crippen molar-refractivity contribution in [2.24, 2.45) is 0 Å². The average Bonchev–Trinajstić information content (AvgIpc) is 2.99. The fourth-order valence-electron chi connectivity index (χ4n) is 4.93. The molecule has 0 unspecified atom stereocenters. The van der Waals surface area contributed by atoms with E-state index in [-0.39, 0.29) is 18.1 Å². The molecule has 1 saturated heterocycles. The molecule has 0 radical (unpaired) electrons. The predicted molar refractivity (Wildman–Crippen MR) is 108 cm³/mol. The van der Waals surface area contributed by atoms with Gasteiger partial charge < -0.3 is 15.0 Å². The number of aliphatic hydroxyl groups is 1.